The molecule has 0 saturated carbocycles. The molecule has 0 aliphatic carbocycles. The second-order valence-corrected chi connectivity index (χ2v) is 9.37. The van der Waals surface area contributed by atoms with Crippen LogP contribution in [0.25, 0.3) is 11.4 Å². The summed E-state index contributed by atoms with van der Waals surface area (Å²) in [5.74, 6) is 0.550. The molecule has 3 fully saturated rings. The van der Waals surface area contributed by atoms with Crippen molar-refractivity contribution in [3.05, 3.63) is 29.8 Å². The first-order valence-corrected chi connectivity index (χ1v) is 11.6. The molecule has 172 valence electrons. The van der Waals surface area contributed by atoms with Crippen molar-refractivity contribution in [2.45, 2.75) is 57.3 Å². The number of carbonyl (C=O) groups excluding carboxylic acids is 2. The molecule has 3 aliphatic heterocycles. The Morgan fingerprint density at radius 3 is 2.76 bits per heavy atom. The molecule has 1 N–H and O–H groups in total. The third kappa shape index (κ3) is 3.76. The normalized spacial score (nSPS) is 26.6. The van der Waals surface area contributed by atoms with Crippen molar-refractivity contribution in [2.24, 2.45) is 5.92 Å². The van der Waals surface area contributed by atoms with Gasteiger partial charge in [0.1, 0.15) is 6.04 Å². The fraction of sp³-hybridized carbons (Fsp3) is 0.565. The van der Waals surface area contributed by atoms with Gasteiger partial charge in [0, 0.05) is 37.2 Å². The van der Waals surface area contributed by atoms with Crippen LogP contribution in [0.5, 0.6) is 0 Å². The van der Waals surface area contributed by atoms with Gasteiger partial charge in [-0.2, -0.15) is 5.26 Å². The molecule has 5 rings (SSSR count). The van der Waals surface area contributed by atoms with E-state index in [0.29, 0.717) is 18.9 Å². The highest BCUT2D eigenvalue weighted by Gasteiger charge is 2.51. The second kappa shape index (κ2) is 8.56. The third-order valence-electron chi connectivity index (χ3n) is 7.36. The van der Waals surface area contributed by atoms with E-state index in [4.69, 9.17) is 0 Å². The first-order chi connectivity index (χ1) is 16.0. The SMILES string of the molecule is C[C@@H](CN1C[C@@H]2C[C@H]1C(=O)N2[C@@H](C)c1ccc(-c2nnn[nH]2)cc1)C(=O)N1CCC[C@H]1C#N. The lowest BCUT2D eigenvalue weighted by Gasteiger charge is -2.38. The van der Waals surface area contributed by atoms with Gasteiger partial charge in [-0.3, -0.25) is 14.5 Å². The van der Waals surface area contributed by atoms with Crippen molar-refractivity contribution >= 4 is 11.8 Å². The predicted molar refractivity (Wildman–Crippen MR) is 118 cm³/mol. The molecule has 1 aromatic heterocycles. The minimum atomic E-state index is -0.306. The smallest absolute Gasteiger partial charge is 0.240 e. The monoisotopic (exact) mass is 448 g/mol. The standard InChI is InChI=1S/C23H28N8O2/c1-14(22(32)30-9-3-4-18(30)11-24)12-29-13-19-10-20(29)23(33)31(19)15(2)16-5-7-17(8-6-16)21-25-27-28-26-21/h5-8,14-15,18-20H,3-4,9-10,12-13H2,1-2H3,(H,25,26,27,28)/t14-,15-,18-,19-,20-/m0/s1. The van der Waals surface area contributed by atoms with Crippen LogP contribution in [-0.4, -0.2) is 84.9 Å². The summed E-state index contributed by atoms with van der Waals surface area (Å²) in [5, 5.41) is 23.2. The quantitative estimate of drug-likeness (QED) is 0.708. The van der Waals surface area contributed by atoms with Crippen LogP contribution in [0.2, 0.25) is 0 Å². The van der Waals surface area contributed by atoms with Crippen molar-refractivity contribution in [3.8, 4) is 17.5 Å². The van der Waals surface area contributed by atoms with Crippen molar-refractivity contribution in [2.75, 3.05) is 19.6 Å². The molecule has 0 spiro atoms. The van der Waals surface area contributed by atoms with Crippen LogP contribution in [-0.2, 0) is 9.59 Å². The number of nitrogens with one attached hydrogen (secondary N) is 1. The van der Waals surface area contributed by atoms with Gasteiger partial charge < -0.3 is 9.80 Å². The fourth-order valence-corrected chi connectivity index (χ4v) is 5.64. The van der Waals surface area contributed by atoms with Crippen molar-refractivity contribution < 1.29 is 9.59 Å². The number of aromatic nitrogens is 4. The lowest BCUT2D eigenvalue weighted by molar-refractivity contribution is -0.142. The topological polar surface area (TPSA) is 122 Å². The molecule has 10 heteroatoms. The minimum Gasteiger partial charge on any atom is -0.330 e. The zero-order chi connectivity index (χ0) is 23.1. The van der Waals surface area contributed by atoms with E-state index in [-0.39, 0.29) is 41.9 Å². The Morgan fingerprint density at radius 1 is 1.30 bits per heavy atom. The van der Waals surface area contributed by atoms with E-state index in [1.54, 1.807) is 4.90 Å². The van der Waals surface area contributed by atoms with Gasteiger partial charge in [-0.1, -0.05) is 31.2 Å². The molecule has 5 atom stereocenters. The molecule has 2 aromatic rings. The van der Waals surface area contributed by atoms with Gasteiger partial charge >= 0.3 is 0 Å². The van der Waals surface area contributed by atoms with Crippen molar-refractivity contribution in [1.82, 2.24) is 35.3 Å². The molecule has 3 aliphatic rings. The maximum atomic E-state index is 13.3. The molecule has 4 heterocycles. The summed E-state index contributed by atoms with van der Waals surface area (Å²) in [6.07, 6.45) is 2.44. The van der Waals surface area contributed by atoms with E-state index in [1.165, 1.54) is 0 Å². The number of nitriles is 1. The van der Waals surface area contributed by atoms with E-state index < -0.39 is 0 Å². The van der Waals surface area contributed by atoms with Crippen LogP contribution >= 0.6 is 0 Å². The number of hydrogen-bond donors (Lipinski definition) is 1. The van der Waals surface area contributed by atoms with Crippen molar-refractivity contribution in [3.63, 3.8) is 0 Å². The maximum Gasteiger partial charge on any atom is 0.240 e. The van der Waals surface area contributed by atoms with Crippen LogP contribution in [0.4, 0.5) is 0 Å². The lowest BCUT2D eigenvalue weighted by atomic mass is 10.0. The zero-order valence-corrected chi connectivity index (χ0v) is 18.9. The fourth-order valence-electron chi connectivity index (χ4n) is 5.64. The van der Waals surface area contributed by atoms with Crippen LogP contribution in [0.1, 0.15) is 44.7 Å². The van der Waals surface area contributed by atoms with Gasteiger partial charge in [0.25, 0.3) is 0 Å². The maximum absolute atomic E-state index is 13.3. The minimum absolute atomic E-state index is 0.0292. The molecular formula is C23H28N8O2. The van der Waals surface area contributed by atoms with E-state index >= 15 is 0 Å². The number of rotatable bonds is 6. The zero-order valence-electron chi connectivity index (χ0n) is 18.9. The van der Waals surface area contributed by atoms with Gasteiger partial charge in [0.2, 0.25) is 11.8 Å². The van der Waals surface area contributed by atoms with Crippen LogP contribution < -0.4 is 0 Å². The molecular weight excluding hydrogens is 420 g/mol. The number of piperazine rings is 1. The average Bonchev–Trinajstić information content (AvgIpc) is 3.62. The first-order valence-electron chi connectivity index (χ1n) is 11.6. The Bertz CT molecular complexity index is 1060. The van der Waals surface area contributed by atoms with Gasteiger partial charge in [-0.05, 0) is 42.2 Å². The Kier molecular flexibility index (Phi) is 5.58. The van der Waals surface area contributed by atoms with Crippen LogP contribution in [0.3, 0.4) is 0 Å². The molecule has 3 saturated heterocycles. The molecule has 0 unspecified atom stereocenters. The van der Waals surface area contributed by atoms with Gasteiger partial charge in [0.05, 0.1) is 18.2 Å². The number of H-pyrrole nitrogens is 1. The second-order valence-electron chi connectivity index (χ2n) is 9.37. The number of aromatic amines is 1. The van der Waals surface area contributed by atoms with Gasteiger partial charge in [0.15, 0.2) is 5.82 Å². The molecule has 2 amide bonds. The Labute approximate surface area is 192 Å². The van der Waals surface area contributed by atoms with Crippen molar-refractivity contribution in [1.29, 1.82) is 5.26 Å². The summed E-state index contributed by atoms with van der Waals surface area (Å²) >= 11 is 0. The number of carbonyl (C=O) groups is 2. The number of tetrazole rings is 1. The van der Waals surface area contributed by atoms with E-state index in [0.717, 1.165) is 36.9 Å². The van der Waals surface area contributed by atoms with Gasteiger partial charge in [-0.15, -0.1) is 5.10 Å². The van der Waals surface area contributed by atoms with E-state index in [2.05, 4.69) is 38.5 Å². The third-order valence-corrected chi connectivity index (χ3v) is 7.36. The summed E-state index contributed by atoms with van der Waals surface area (Å²) in [4.78, 5) is 32.0. The molecule has 2 bridgehead atoms. The predicted octanol–water partition coefficient (Wildman–Crippen LogP) is 1.36. The highest BCUT2D eigenvalue weighted by atomic mass is 16.2. The highest BCUT2D eigenvalue weighted by molar-refractivity contribution is 5.86. The largest absolute Gasteiger partial charge is 0.330 e. The summed E-state index contributed by atoms with van der Waals surface area (Å²) in [6.45, 7) is 5.97. The summed E-state index contributed by atoms with van der Waals surface area (Å²) in [6, 6.07) is 9.83. The lowest BCUT2D eigenvalue weighted by Crippen LogP contribution is -2.53. The number of amides is 2. The number of hydrogen-bond acceptors (Lipinski definition) is 7. The number of benzene rings is 1. The molecule has 10 nitrogen and oxygen atoms in total. The summed E-state index contributed by atoms with van der Waals surface area (Å²) in [5.41, 5.74) is 1.96. The van der Waals surface area contributed by atoms with E-state index in [1.807, 2.05) is 36.1 Å². The number of likely N-dealkylation sites (tertiary alicyclic amines) is 3. The average molecular weight is 449 g/mol. The summed E-state index contributed by atoms with van der Waals surface area (Å²) in [7, 11) is 0. The van der Waals surface area contributed by atoms with Gasteiger partial charge in [-0.25, -0.2) is 5.10 Å². The first kappa shape index (κ1) is 21.5. The molecule has 0 radical (unpaired) electrons. The number of fused-ring (bicyclic) bond motifs is 2. The van der Waals surface area contributed by atoms with E-state index in [9.17, 15) is 14.9 Å². The molecule has 33 heavy (non-hydrogen) atoms. The number of nitrogens with zero attached hydrogens (tertiary/aromatic N) is 7. The van der Waals surface area contributed by atoms with Crippen LogP contribution in [0.15, 0.2) is 24.3 Å². The summed E-state index contributed by atoms with van der Waals surface area (Å²) < 4.78 is 0. The Balaban J connectivity index is 1.22. The van der Waals surface area contributed by atoms with Crippen LogP contribution in [0, 0.1) is 17.2 Å². The Hall–Kier alpha value is -3.32. The highest BCUT2D eigenvalue weighted by Crippen LogP contribution is 2.38. The Morgan fingerprint density at radius 2 is 2.09 bits per heavy atom. The molecule has 1 aromatic carbocycles.